The molecular formula is C17H23ClN4O2. The van der Waals surface area contributed by atoms with Gasteiger partial charge in [-0.1, -0.05) is 13.0 Å². The van der Waals surface area contributed by atoms with E-state index in [0.29, 0.717) is 28.6 Å². The largest absolute Gasteiger partial charge is 0.443 e. The Morgan fingerprint density at radius 2 is 2.21 bits per heavy atom. The monoisotopic (exact) mass is 350 g/mol. The van der Waals surface area contributed by atoms with Gasteiger partial charge >= 0.3 is 0 Å². The van der Waals surface area contributed by atoms with Gasteiger partial charge in [0.2, 0.25) is 0 Å². The van der Waals surface area contributed by atoms with E-state index in [1.54, 1.807) is 6.07 Å². The maximum absolute atomic E-state index is 12.7. The SMILES string of the molecule is CCN(NC(=O)c1cccc2ocnc12)C1CN2CCC1CC2.Cl. The highest BCUT2D eigenvalue weighted by Crippen LogP contribution is 2.30. The number of nitrogens with zero attached hydrogens (tertiary/aromatic N) is 3. The number of piperidine rings is 3. The third kappa shape index (κ3) is 3.01. The number of rotatable bonds is 4. The minimum atomic E-state index is -0.109. The van der Waals surface area contributed by atoms with E-state index in [4.69, 9.17) is 4.42 Å². The molecule has 0 aliphatic carbocycles. The number of hydrogen-bond acceptors (Lipinski definition) is 5. The first-order valence-electron chi connectivity index (χ1n) is 8.38. The van der Waals surface area contributed by atoms with Crippen LogP contribution in [-0.4, -0.2) is 53.0 Å². The van der Waals surface area contributed by atoms with E-state index >= 15 is 0 Å². The van der Waals surface area contributed by atoms with Crippen LogP contribution in [0, 0.1) is 5.92 Å². The summed E-state index contributed by atoms with van der Waals surface area (Å²) < 4.78 is 5.29. The van der Waals surface area contributed by atoms with Crippen LogP contribution in [0.25, 0.3) is 11.1 Å². The number of nitrogens with one attached hydrogen (secondary N) is 1. The summed E-state index contributed by atoms with van der Waals surface area (Å²) >= 11 is 0. The Hall–Kier alpha value is -1.63. The van der Waals surface area contributed by atoms with Crippen molar-refractivity contribution in [3.63, 3.8) is 0 Å². The van der Waals surface area contributed by atoms with Crippen molar-refractivity contribution in [1.82, 2.24) is 20.3 Å². The van der Waals surface area contributed by atoms with Gasteiger partial charge in [0, 0.05) is 19.1 Å². The first-order chi connectivity index (χ1) is 11.3. The highest BCUT2D eigenvalue weighted by Gasteiger charge is 2.37. The molecule has 5 rings (SSSR count). The van der Waals surface area contributed by atoms with Crippen molar-refractivity contribution in [3.05, 3.63) is 30.2 Å². The van der Waals surface area contributed by atoms with Gasteiger partial charge in [0.1, 0.15) is 5.52 Å². The van der Waals surface area contributed by atoms with Crippen molar-refractivity contribution in [2.24, 2.45) is 5.92 Å². The average Bonchev–Trinajstić information content (AvgIpc) is 3.09. The second-order valence-corrected chi connectivity index (χ2v) is 6.44. The summed E-state index contributed by atoms with van der Waals surface area (Å²) in [6.45, 7) is 6.34. The van der Waals surface area contributed by atoms with Crippen molar-refractivity contribution in [3.8, 4) is 0 Å². The minimum absolute atomic E-state index is 0. The van der Waals surface area contributed by atoms with Gasteiger partial charge in [-0.05, 0) is 44.0 Å². The summed E-state index contributed by atoms with van der Waals surface area (Å²) in [5.74, 6) is 0.575. The fraction of sp³-hybridized carbons (Fsp3) is 0.529. The van der Waals surface area contributed by atoms with Crippen molar-refractivity contribution >= 4 is 29.4 Å². The fourth-order valence-corrected chi connectivity index (χ4v) is 3.94. The number of fused-ring (bicyclic) bond motifs is 4. The molecule has 3 fully saturated rings. The van der Waals surface area contributed by atoms with Gasteiger partial charge in [-0.2, -0.15) is 0 Å². The zero-order valence-electron chi connectivity index (χ0n) is 13.8. The number of benzene rings is 1. The Kier molecular flexibility index (Phi) is 5.08. The Bertz CT molecular complexity index is 711. The molecule has 1 aromatic heterocycles. The highest BCUT2D eigenvalue weighted by atomic mass is 35.5. The molecule has 1 amide bonds. The summed E-state index contributed by atoms with van der Waals surface area (Å²) in [7, 11) is 0. The molecule has 2 bridgehead atoms. The summed E-state index contributed by atoms with van der Waals surface area (Å²) in [4.78, 5) is 19.4. The molecule has 6 nitrogen and oxygen atoms in total. The number of amides is 1. The van der Waals surface area contributed by atoms with Crippen molar-refractivity contribution < 1.29 is 9.21 Å². The predicted molar refractivity (Wildman–Crippen MR) is 94.1 cm³/mol. The number of hydrazine groups is 1. The van der Waals surface area contributed by atoms with Crippen LogP contribution < -0.4 is 5.43 Å². The third-order valence-corrected chi connectivity index (χ3v) is 5.21. The molecule has 2 aromatic rings. The van der Waals surface area contributed by atoms with E-state index in [9.17, 15) is 4.79 Å². The number of aromatic nitrogens is 1. The van der Waals surface area contributed by atoms with E-state index in [1.807, 2.05) is 12.1 Å². The topological polar surface area (TPSA) is 61.6 Å². The number of oxazole rings is 1. The summed E-state index contributed by atoms with van der Waals surface area (Å²) in [5.41, 5.74) is 4.93. The molecule has 130 valence electrons. The smallest absolute Gasteiger partial charge is 0.267 e. The Balaban J connectivity index is 0.00000169. The molecule has 1 aromatic carbocycles. The van der Waals surface area contributed by atoms with Gasteiger partial charge in [0.05, 0.1) is 5.56 Å². The molecule has 24 heavy (non-hydrogen) atoms. The van der Waals surface area contributed by atoms with E-state index in [-0.39, 0.29) is 18.3 Å². The fourth-order valence-electron chi connectivity index (χ4n) is 3.94. The first-order valence-corrected chi connectivity index (χ1v) is 8.38. The number of hydrogen-bond donors (Lipinski definition) is 1. The lowest BCUT2D eigenvalue weighted by Crippen LogP contribution is -2.61. The molecule has 0 radical (unpaired) electrons. The zero-order chi connectivity index (χ0) is 15.8. The maximum Gasteiger partial charge on any atom is 0.267 e. The lowest BCUT2D eigenvalue weighted by atomic mass is 9.83. The van der Waals surface area contributed by atoms with Crippen LogP contribution in [0.2, 0.25) is 0 Å². The van der Waals surface area contributed by atoms with E-state index in [1.165, 1.54) is 32.3 Å². The van der Waals surface area contributed by atoms with E-state index < -0.39 is 0 Å². The molecule has 0 saturated carbocycles. The van der Waals surface area contributed by atoms with Gasteiger partial charge < -0.3 is 9.32 Å². The predicted octanol–water partition coefficient (Wildman–Crippen LogP) is 2.31. The van der Waals surface area contributed by atoms with Gasteiger partial charge in [-0.3, -0.25) is 10.2 Å². The molecule has 7 heteroatoms. The van der Waals surface area contributed by atoms with Crippen LogP contribution in [-0.2, 0) is 0 Å². The maximum atomic E-state index is 12.7. The lowest BCUT2D eigenvalue weighted by Gasteiger charge is -2.48. The first kappa shape index (κ1) is 17.2. The van der Waals surface area contributed by atoms with Gasteiger partial charge in [-0.25, -0.2) is 9.99 Å². The van der Waals surface area contributed by atoms with Crippen LogP contribution >= 0.6 is 12.4 Å². The molecule has 0 spiro atoms. The molecule has 1 unspecified atom stereocenters. The van der Waals surface area contributed by atoms with Gasteiger partial charge in [0.25, 0.3) is 5.91 Å². The molecule has 3 aliphatic heterocycles. The lowest BCUT2D eigenvalue weighted by molar-refractivity contribution is -0.0138. The highest BCUT2D eigenvalue weighted by molar-refractivity contribution is 6.04. The molecule has 4 heterocycles. The average molecular weight is 351 g/mol. The summed E-state index contributed by atoms with van der Waals surface area (Å²) in [5, 5.41) is 2.11. The molecule has 1 N–H and O–H groups in total. The standard InChI is InChI=1S/C17H22N4O2.ClH/c1-2-21(14-10-20-8-6-12(14)7-9-20)19-17(22)13-4-3-5-15-16(13)18-11-23-15;/h3-5,11-12,14H,2,6-10H2,1H3,(H,19,22);1H. The molecule has 1 atom stereocenters. The normalized spacial score (nSPS) is 25.7. The minimum Gasteiger partial charge on any atom is -0.443 e. The number of halogens is 1. The number of carbonyl (C=O) groups is 1. The Morgan fingerprint density at radius 1 is 1.42 bits per heavy atom. The van der Waals surface area contributed by atoms with E-state index in [0.717, 1.165) is 13.1 Å². The number of likely N-dealkylation sites (N-methyl/N-ethyl adjacent to an activating group) is 1. The number of para-hydroxylation sites is 1. The van der Waals surface area contributed by atoms with Crippen molar-refractivity contribution in [2.45, 2.75) is 25.8 Å². The van der Waals surface area contributed by atoms with Crippen LogP contribution in [0.5, 0.6) is 0 Å². The second kappa shape index (κ2) is 7.09. The van der Waals surface area contributed by atoms with Crippen LogP contribution in [0.4, 0.5) is 0 Å². The van der Waals surface area contributed by atoms with E-state index in [2.05, 4.69) is 27.2 Å². The van der Waals surface area contributed by atoms with Crippen LogP contribution in [0.3, 0.4) is 0 Å². The van der Waals surface area contributed by atoms with Crippen LogP contribution in [0.1, 0.15) is 30.1 Å². The third-order valence-electron chi connectivity index (χ3n) is 5.21. The van der Waals surface area contributed by atoms with Crippen molar-refractivity contribution in [2.75, 3.05) is 26.2 Å². The van der Waals surface area contributed by atoms with Crippen LogP contribution in [0.15, 0.2) is 29.0 Å². The van der Waals surface area contributed by atoms with Gasteiger partial charge in [-0.15, -0.1) is 12.4 Å². The molecule has 3 saturated heterocycles. The second-order valence-electron chi connectivity index (χ2n) is 6.44. The molecule has 3 aliphatic rings. The quantitative estimate of drug-likeness (QED) is 0.857. The van der Waals surface area contributed by atoms with Crippen molar-refractivity contribution in [1.29, 1.82) is 0 Å². The Labute approximate surface area is 147 Å². The Morgan fingerprint density at radius 3 is 2.88 bits per heavy atom. The zero-order valence-corrected chi connectivity index (χ0v) is 14.6. The summed E-state index contributed by atoms with van der Waals surface area (Å²) in [6, 6.07) is 5.85. The van der Waals surface area contributed by atoms with Gasteiger partial charge in [0.15, 0.2) is 12.0 Å². The summed E-state index contributed by atoms with van der Waals surface area (Å²) in [6.07, 6.45) is 3.85. The number of carbonyl (C=O) groups excluding carboxylic acids is 1. The molecular weight excluding hydrogens is 328 g/mol.